The van der Waals surface area contributed by atoms with E-state index in [1.807, 2.05) is 6.07 Å². The van der Waals surface area contributed by atoms with E-state index >= 15 is 0 Å². The summed E-state index contributed by atoms with van der Waals surface area (Å²) in [5.74, 6) is 2.25. The second-order valence-corrected chi connectivity index (χ2v) is 5.51. The molecule has 1 aromatic carbocycles. The molecule has 1 aliphatic carbocycles. The Balaban J connectivity index is 1.60. The number of hydrogen-bond acceptors (Lipinski definition) is 3. The first-order valence-corrected chi connectivity index (χ1v) is 7.21. The number of hydrogen-bond donors (Lipinski definition) is 2. The van der Waals surface area contributed by atoms with E-state index in [9.17, 15) is 4.39 Å². The summed E-state index contributed by atoms with van der Waals surface area (Å²) in [7, 11) is 0. The Hall–Kier alpha value is -1.75. The molecule has 1 saturated carbocycles. The molecule has 0 bridgehead atoms. The van der Waals surface area contributed by atoms with E-state index < -0.39 is 0 Å². The van der Waals surface area contributed by atoms with Gasteiger partial charge >= 0.3 is 0 Å². The molecular formula is C15H16FN3S. The minimum Gasteiger partial charge on any atom is -0.371 e. The first-order valence-electron chi connectivity index (χ1n) is 6.80. The summed E-state index contributed by atoms with van der Waals surface area (Å²) < 4.78 is 13.4. The Bertz CT molecular complexity index is 647. The molecule has 0 spiro atoms. The molecule has 0 radical (unpaired) electrons. The molecule has 1 aromatic heterocycles. The lowest BCUT2D eigenvalue weighted by molar-refractivity contribution is 0.627. The molecule has 2 aromatic rings. The molecular weight excluding hydrogens is 273 g/mol. The van der Waals surface area contributed by atoms with Crippen LogP contribution in [0.15, 0.2) is 30.3 Å². The first kappa shape index (κ1) is 13.2. The van der Waals surface area contributed by atoms with Gasteiger partial charge in [0.1, 0.15) is 22.1 Å². The second kappa shape index (κ2) is 5.71. The zero-order valence-corrected chi connectivity index (χ0v) is 11.8. The monoisotopic (exact) mass is 289 g/mol. The summed E-state index contributed by atoms with van der Waals surface area (Å²) in [4.78, 5) is 7.64. The van der Waals surface area contributed by atoms with Gasteiger partial charge in [-0.25, -0.2) is 9.37 Å². The summed E-state index contributed by atoms with van der Waals surface area (Å²) in [6.45, 7) is 0.769. The van der Waals surface area contributed by atoms with Crippen molar-refractivity contribution >= 4 is 18.0 Å². The predicted octanol–water partition coefficient (Wildman–Crippen LogP) is 3.81. The van der Waals surface area contributed by atoms with Crippen LogP contribution in [0.1, 0.15) is 30.1 Å². The van der Waals surface area contributed by atoms with Gasteiger partial charge in [0.25, 0.3) is 0 Å². The zero-order chi connectivity index (χ0) is 13.9. The Labute approximate surface area is 122 Å². The van der Waals surface area contributed by atoms with Crippen molar-refractivity contribution in [3.05, 3.63) is 52.2 Å². The van der Waals surface area contributed by atoms with Crippen molar-refractivity contribution < 1.29 is 4.39 Å². The molecule has 3 rings (SSSR count). The maximum Gasteiger partial charge on any atom is 0.131 e. The third kappa shape index (κ3) is 3.42. The molecule has 20 heavy (non-hydrogen) atoms. The number of benzene rings is 1. The fourth-order valence-electron chi connectivity index (χ4n) is 2.11. The Morgan fingerprint density at radius 3 is 2.75 bits per heavy atom. The van der Waals surface area contributed by atoms with Gasteiger partial charge < -0.3 is 10.3 Å². The molecule has 0 unspecified atom stereocenters. The van der Waals surface area contributed by atoms with Crippen molar-refractivity contribution in [3.63, 3.8) is 0 Å². The minimum absolute atomic E-state index is 0.200. The molecule has 0 atom stereocenters. The van der Waals surface area contributed by atoms with Crippen molar-refractivity contribution in [1.29, 1.82) is 0 Å². The largest absolute Gasteiger partial charge is 0.371 e. The molecule has 5 heteroatoms. The van der Waals surface area contributed by atoms with Crippen molar-refractivity contribution in [3.8, 4) is 0 Å². The minimum atomic E-state index is -0.200. The van der Waals surface area contributed by atoms with Gasteiger partial charge in [0, 0.05) is 18.5 Å². The van der Waals surface area contributed by atoms with Gasteiger partial charge in [-0.05, 0) is 37.0 Å². The second-order valence-electron chi connectivity index (χ2n) is 5.10. The number of anilines is 1. The van der Waals surface area contributed by atoms with E-state index in [0.29, 0.717) is 10.6 Å². The molecule has 2 N–H and O–H groups in total. The number of aromatic nitrogens is 2. The highest BCUT2D eigenvalue weighted by molar-refractivity contribution is 7.71. The Morgan fingerprint density at radius 1 is 1.30 bits per heavy atom. The van der Waals surface area contributed by atoms with Crippen LogP contribution in [0, 0.1) is 10.5 Å². The predicted molar refractivity (Wildman–Crippen MR) is 80.0 cm³/mol. The smallest absolute Gasteiger partial charge is 0.131 e. The summed E-state index contributed by atoms with van der Waals surface area (Å²) in [6.07, 6.45) is 3.22. The van der Waals surface area contributed by atoms with E-state index in [2.05, 4.69) is 15.3 Å². The fraction of sp³-hybridized carbons (Fsp3) is 0.333. The topological polar surface area (TPSA) is 40.7 Å². The van der Waals surface area contributed by atoms with Crippen molar-refractivity contribution in [2.45, 2.75) is 25.2 Å². The van der Waals surface area contributed by atoms with Gasteiger partial charge in [-0.1, -0.05) is 24.4 Å². The highest BCUT2D eigenvalue weighted by Gasteiger charge is 2.25. The SMILES string of the molecule is Fc1ccc(CCNc2cc(=S)nc(C3CC3)[nH]2)cc1. The van der Waals surface area contributed by atoms with Crippen LogP contribution in [0.5, 0.6) is 0 Å². The zero-order valence-electron chi connectivity index (χ0n) is 11.0. The van der Waals surface area contributed by atoms with Crippen LogP contribution in [0.25, 0.3) is 0 Å². The third-order valence-electron chi connectivity index (χ3n) is 3.37. The van der Waals surface area contributed by atoms with E-state index in [1.54, 1.807) is 12.1 Å². The van der Waals surface area contributed by atoms with Crippen LogP contribution < -0.4 is 5.32 Å². The average molecular weight is 289 g/mol. The fourth-order valence-corrected chi connectivity index (χ4v) is 2.33. The van der Waals surface area contributed by atoms with Gasteiger partial charge in [-0.3, -0.25) is 0 Å². The molecule has 1 fully saturated rings. The third-order valence-corrected chi connectivity index (χ3v) is 3.58. The van der Waals surface area contributed by atoms with Crippen molar-refractivity contribution in [2.75, 3.05) is 11.9 Å². The van der Waals surface area contributed by atoms with Gasteiger partial charge in [-0.15, -0.1) is 0 Å². The molecule has 104 valence electrons. The Morgan fingerprint density at radius 2 is 2.05 bits per heavy atom. The number of nitrogens with zero attached hydrogens (tertiary/aromatic N) is 1. The quantitative estimate of drug-likeness (QED) is 0.822. The number of halogens is 1. The van der Waals surface area contributed by atoms with Gasteiger partial charge in [0.05, 0.1) is 0 Å². The lowest BCUT2D eigenvalue weighted by Gasteiger charge is -2.08. The molecule has 0 saturated heterocycles. The van der Waals surface area contributed by atoms with E-state index in [4.69, 9.17) is 12.2 Å². The normalized spacial score (nSPS) is 14.2. The summed E-state index contributed by atoms with van der Waals surface area (Å²) in [5, 5.41) is 3.32. The number of nitrogens with one attached hydrogen (secondary N) is 2. The lowest BCUT2D eigenvalue weighted by Crippen LogP contribution is -2.08. The van der Waals surface area contributed by atoms with Crippen LogP contribution in [0.3, 0.4) is 0 Å². The maximum absolute atomic E-state index is 12.8. The molecule has 3 nitrogen and oxygen atoms in total. The number of rotatable bonds is 5. The standard InChI is InChI=1S/C15H16FN3S/c16-12-5-1-10(2-6-12)7-8-17-13-9-14(20)19-15(18-13)11-3-4-11/h1-2,5-6,9,11H,3-4,7-8H2,(H2,17,18,19,20). The van der Waals surface area contributed by atoms with E-state index in [1.165, 1.54) is 25.0 Å². The highest BCUT2D eigenvalue weighted by atomic mass is 32.1. The molecule has 1 heterocycles. The van der Waals surface area contributed by atoms with Crippen molar-refractivity contribution in [2.24, 2.45) is 0 Å². The number of aromatic amines is 1. The summed E-state index contributed by atoms with van der Waals surface area (Å²) >= 11 is 5.18. The van der Waals surface area contributed by atoms with Gasteiger partial charge in [0.2, 0.25) is 0 Å². The molecule has 0 aliphatic heterocycles. The maximum atomic E-state index is 12.8. The van der Waals surface area contributed by atoms with Gasteiger partial charge in [0.15, 0.2) is 0 Å². The Kier molecular flexibility index (Phi) is 3.78. The van der Waals surface area contributed by atoms with Crippen LogP contribution in [-0.4, -0.2) is 16.5 Å². The van der Waals surface area contributed by atoms with Crippen LogP contribution in [-0.2, 0) is 6.42 Å². The van der Waals surface area contributed by atoms with Crippen LogP contribution in [0.2, 0.25) is 0 Å². The van der Waals surface area contributed by atoms with E-state index in [-0.39, 0.29) is 5.82 Å². The van der Waals surface area contributed by atoms with Crippen molar-refractivity contribution in [1.82, 2.24) is 9.97 Å². The van der Waals surface area contributed by atoms with Crippen LogP contribution >= 0.6 is 12.2 Å². The molecule has 1 aliphatic rings. The summed E-state index contributed by atoms with van der Waals surface area (Å²) in [5.41, 5.74) is 1.11. The number of H-pyrrole nitrogens is 1. The first-order chi connectivity index (χ1) is 9.70. The lowest BCUT2D eigenvalue weighted by atomic mass is 10.1. The summed E-state index contributed by atoms with van der Waals surface area (Å²) in [6, 6.07) is 8.43. The van der Waals surface area contributed by atoms with Gasteiger partial charge in [-0.2, -0.15) is 0 Å². The molecule has 0 amide bonds. The highest BCUT2D eigenvalue weighted by Crippen LogP contribution is 2.38. The van der Waals surface area contributed by atoms with E-state index in [0.717, 1.165) is 30.2 Å². The average Bonchev–Trinajstić information content (AvgIpc) is 3.25. The van der Waals surface area contributed by atoms with Crippen LogP contribution in [0.4, 0.5) is 10.2 Å².